The van der Waals surface area contributed by atoms with E-state index < -0.39 is 13.9 Å². The summed E-state index contributed by atoms with van der Waals surface area (Å²) in [6, 6.07) is 17.9. The van der Waals surface area contributed by atoms with Crippen molar-refractivity contribution in [3.63, 3.8) is 0 Å². The minimum atomic E-state index is -4.11. The molecule has 0 bridgehead atoms. The highest BCUT2D eigenvalue weighted by atomic mass is 31.2. The van der Waals surface area contributed by atoms with Gasteiger partial charge in [0, 0.05) is 6.54 Å². The van der Waals surface area contributed by atoms with E-state index in [2.05, 4.69) is 25.9 Å². The molecule has 0 aliphatic heterocycles. The first-order chi connectivity index (χ1) is 12.0. The van der Waals surface area contributed by atoms with Gasteiger partial charge in [0.05, 0.1) is 12.2 Å². The van der Waals surface area contributed by atoms with Gasteiger partial charge in [-0.25, -0.2) is 0 Å². The van der Waals surface area contributed by atoms with Crippen LogP contribution in [0.5, 0.6) is 0 Å². The first kappa shape index (κ1) is 17.4. The summed E-state index contributed by atoms with van der Waals surface area (Å²) in [5.41, 5.74) is 3.13. The van der Waals surface area contributed by atoms with Crippen molar-refractivity contribution in [2.24, 2.45) is 0 Å². The van der Waals surface area contributed by atoms with E-state index in [0.717, 1.165) is 16.7 Å². The largest absolute Gasteiger partial charge is 0.339 e. The van der Waals surface area contributed by atoms with Crippen molar-refractivity contribution in [1.82, 2.24) is 25.9 Å². The van der Waals surface area contributed by atoms with Gasteiger partial charge in [0.1, 0.15) is 0 Å². The molecule has 0 unspecified atom stereocenters. The van der Waals surface area contributed by atoms with Crippen molar-refractivity contribution in [1.29, 1.82) is 0 Å². The van der Waals surface area contributed by atoms with E-state index in [4.69, 9.17) is 9.79 Å². The van der Waals surface area contributed by atoms with Gasteiger partial charge in [-0.05, 0) is 16.7 Å². The van der Waals surface area contributed by atoms with Crippen LogP contribution in [0.25, 0.3) is 11.1 Å². The SMILES string of the molecule is O=P(O)(O)CNC[C@@H](c1ccc(-c2ccccc2)cc1)c1nn[nH]n1. The fraction of sp³-hybridized carbons (Fsp3) is 0.188. The van der Waals surface area contributed by atoms with Crippen LogP contribution in [0.2, 0.25) is 0 Å². The number of H-pyrrole nitrogens is 1. The van der Waals surface area contributed by atoms with E-state index >= 15 is 0 Å². The van der Waals surface area contributed by atoms with Crippen molar-refractivity contribution in [3.8, 4) is 11.1 Å². The van der Waals surface area contributed by atoms with E-state index in [0.29, 0.717) is 5.82 Å². The fourth-order valence-electron chi connectivity index (χ4n) is 2.57. The molecule has 0 aliphatic carbocycles. The summed E-state index contributed by atoms with van der Waals surface area (Å²) in [5.74, 6) is 0.195. The lowest BCUT2D eigenvalue weighted by Gasteiger charge is -2.15. The lowest BCUT2D eigenvalue weighted by atomic mass is 9.95. The topological polar surface area (TPSA) is 124 Å². The summed E-state index contributed by atoms with van der Waals surface area (Å²) < 4.78 is 11.0. The zero-order valence-corrected chi connectivity index (χ0v) is 14.2. The van der Waals surface area contributed by atoms with Gasteiger partial charge in [0.15, 0.2) is 5.82 Å². The van der Waals surface area contributed by atoms with Gasteiger partial charge in [-0.2, -0.15) is 5.21 Å². The van der Waals surface area contributed by atoms with Crippen LogP contribution in [-0.2, 0) is 4.57 Å². The first-order valence-electron chi connectivity index (χ1n) is 7.67. The monoisotopic (exact) mass is 359 g/mol. The number of rotatable bonds is 7. The van der Waals surface area contributed by atoms with Gasteiger partial charge in [-0.15, -0.1) is 10.2 Å². The zero-order chi connectivity index (χ0) is 17.7. The number of aromatic nitrogens is 4. The number of hydrogen-bond donors (Lipinski definition) is 4. The Balaban J connectivity index is 1.80. The summed E-state index contributed by atoms with van der Waals surface area (Å²) >= 11 is 0. The van der Waals surface area contributed by atoms with Crippen LogP contribution in [0.4, 0.5) is 0 Å². The molecule has 0 aliphatic rings. The van der Waals surface area contributed by atoms with Crippen LogP contribution < -0.4 is 5.32 Å². The normalized spacial score (nSPS) is 12.9. The molecular weight excluding hydrogens is 341 g/mol. The molecule has 1 atom stereocenters. The van der Waals surface area contributed by atoms with E-state index in [-0.39, 0.29) is 12.5 Å². The van der Waals surface area contributed by atoms with Crippen LogP contribution in [0, 0.1) is 0 Å². The molecule has 2 aromatic carbocycles. The number of aromatic amines is 1. The van der Waals surface area contributed by atoms with Crippen molar-refractivity contribution in [2.75, 3.05) is 12.8 Å². The summed E-state index contributed by atoms with van der Waals surface area (Å²) in [4.78, 5) is 18.0. The van der Waals surface area contributed by atoms with Crippen molar-refractivity contribution in [2.45, 2.75) is 5.92 Å². The average Bonchev–Trinajstić information content (AvgIpc) is 3.13. The van der Waals surface area contributed by atoms with Crippen molar-refractivity contribution < 1.29 is 14.4 Å². The second kappa shape index (κ2) is 7.67. The molecule has 3 rings (SSSR count). The fourth-order valence-corrected chi connectivity index (χ4v) is 2.99. The molecule has 25 heavy (non-hydrogen) atoms. The minimum absolute atomic E-state index is 0.268. The molecule has 1 heterocycles. The van der Waals surface area contributed by atoms with Gasteiger partial charge in [0.25, 0.3) is 0 Å². The zero-order valence-electron chi connectivity index (χ0n) is 13.3. The van der Waals surface area contributed by atoms with Crippen LogP contribution in [0.15, 0.2) is 54.6 Å². The number of benzene rings is 2. The summed E-state index contributed by atoms with van der Waals surface area (Å²) in [7, 11) is -4.11. The summed E-state index contributed by atoms with van der Waals surface area (Å²) in [6.07, 6.45) is -0.399. The van der Waals surface area contributed by atoms with Gasteiger partial charge in [-0.3, -0.25) is 4.57 Å². The Bertz CT molecular complexity index is 834. The van der Waals surface area contributed by atoms with Crippen LogP contribution in [0.1, 0.15) is 17.3 Å². The Labute approximate surface area is 144 Å². The lowest BCUT2D eigenvalue weighted by molar-refractivity contribution is 0.367. The molecule has 0 saturated carbocycles. The van der Waals surface area contributed by atoms with Gasteiger partial charge < -0.3 is 15.1 Å². The standard InChI is InChI=1S/C16H18N5O3P/c22-25(23,24)11-17-10-15(16-18-20-21-19-16)14-8-6-13(7-9-14)12-4-2-1-3-5-12/h1-9,15,17H,10-11H2,(H2,22,23,24)(H,18,19,20,21)/t15-/m0/s1. The Morgan fingerprint density at radius 1 is 1.04 bits per heavy atom. The molecule has 0 saturated heterocycles. The van der Waals surface area contributed by atoms with E-state index in [1.807, 2.05) is 54.6 Å². The number of nitrogens with one attached hydrogen (secondary N) is 2. The molecule has 3 aromatic rings. The maximum Gasteiger partial charge on any atom is 0.339 e. The maximum absolute atomic E-state index is 11.0. The second-order valence-electron chi connectivity index (χ2n) is 5.59. The smallest absolute Gasteiger partial charge is 0.324 e. The van der Waals surface area contributed by atoms with Crippen molar-refractivity contribution >= 4 is 7.60 Å². The van der Waals surface area contributed by atoms with Gasteiger partial charge in [-0.1, -0.05) is 59.8 Å². The number of tetrazole rings is 1. The molecule has 0 fully saturated rings. The number of hydrogen-bond acceptors (Lipinski definition) is 5. The summed E-state index contributed by atoms with van der Waals surface area (Å²) in [6.45, 7) is 0.287. The third-order valence-electron chi connectivity index (χ3n) is 3.76. The van der Waals surface area contributed by atoms with Crippen LogP contribution >= 0.6 is 7.60 Å². The third kappa shape index (κ3) is 4.80. The van der Waals surface area contributed by atoms with Crippen molar-refractivity contribution in [3.05, 3.63) is 66.0 Å². The molecule has 0 spiro atoms. The van der Waals surface area contributed by atoms with E-state index in [1.54, 1.807) is 0 Å². The first-order valence-corrected chi connectivity index (χ1v) is 9.47. The molecule has 0 radical (unpaired) electrons. The predicted molar refractivity (Wildman–Crippen MR) is 92.8 cm³/mol. The Morgan fingerprint density at radius 2 is 1.72 bits per heavy atom. The quantitative estimate of drug-likeness (QED) is 0.474. The second-order valence-corrected chi connectivity index (χ2v) is 7.23. The molecular formula is C16H18N5O3P. The van der Waals surface area contributed by atoms with Gasteiger partial charge in [0.2, 0.25) is 0 Å². The Morgan fingerprint density at radius 3 is 2.32 bits per heavy atom. The molecule has 1 aromatic heterocycles. The summed E-state index contributed by atoms with van der Waals surface area (Å²) in [5, 5.41) is 16.8. The molecule has 4 N–H and O–H groups in total. The molecule has 8 nitrogen and oxygen atoms in total. The molecule has 9 heteroatoms. The highest BCUT2D eigenvalue weighted by molar-refractivity contribution is 7.51. The molecule has 130 valence electrons. The third-order valence-corrected chi connectivity index (χ3v) is 4.40. The highest BCUT2D eigenvalue weighted by Crippen LogP contribution is 2.32. The van der Waals surface area contributed by atoms with E-state index in [1.165, 1.54) is 0 Å². The van der Waals surface area contributed by atoms with E-state index in [9.17, 15) is 4.57 Å². The van der Waals surface area contributed by atoms with Gasteiger partial charge >= 0.3 is 7.60 Å². The predicted octanol–water partition coefficient (Wildman–Crippen LogP) is 1.72. The molecule has 0 amide bonds. The minimum Gasteiger partial charge on any atom is -0.324 e. The van der Waals surface area contributed by atoms with Crippen LogP contribution in [0.3, 0.4) is 0 Å². The Kier molecular flexibility index (Phi) is 5.35. The number of nitrogens with zero attached hydrogens (tertiary/aromatic N) is 3. The Hall–Kier alpha value is -2.38. The lowest BCUT2D eigenvalue weighted by Crippen LogP contribution is -2.24. The highest BCUT2D eigenvalue weighted by Gasteiger charge is 2.20. The maximum atomic E-state index is 11.0. The average molecular weight is 359 g/mol. The van der Waals surface area contributed by atoms with Crippen LogP contribution in [-0.4, -0.2) is 43.2 Å².